The molecule has 108 valence electrons. The summed E-state index contributed by atoms with van der Waals surface area (Å²) in [4.78, 5) is 14.2. The first-order valence-electron chi connectivity index (χ1n) is 7.19. The van der Waals surface area contributed by atoms with Gasteiger partial charge < -0.3 is 14.4 Å². The zero-order valence-corrected chi connectivity index (χ0v) is 11.5. The number of hydrogen-bond donors (Lipinski definition) is 1. The monoisotopic (exact) mass is 276 g/mol. The average molecular weight is 276 g/mol. The van der Waals surface area contributed by atoms with E-state index in [2.05, 4.69) is 4.90 Å². The maximum Gasteiger partial charge on any atom is 0.419 e. The van der Waals surface area contributed by atoms with Gasteiger partial charge in [0.1, 0.15) is 0 Å². The predicted octanol–water partition coefficient (Wildman–Crippen LogP) is 1.30. The van der Waals surface area contributed by atoms with Gasteiger partial charge in [-0.05, 0) is 37.4 Å². The molecular weight excluding hydrogens is 256 g/mol. The van der Waals surface area contributed by atoms with Crippen molar-refractivity contribution < 1.29 is 9.52 Å². The van der Waals surface area contributed by atoms with Crippen molar-refractivity contribution in [1.29, 1.82) is 0 Å². The van der Waals surface area contributed by atoms with E-state index in [1.54, 1.807) is 4.57 Å². The standard InChI is InChI=1S/C15H20N2O3/c18-11-12-4-3-7-16(10-12)8-9-17-13-5-1-2-6-14(13)20-15(17)19/h1-2,5-6,12,18H,3-4,7-11H2. The summed E-state index contributed by atoms with van der Waals surface area (Å²) in [5.41, 5.74) is 1.50. The summed E-state index contributed by atoms with van der Waals surface area (Å²) in [6.45, 7) is 3.67. The van der Waals surface area contributed by atoms with Gasteiger partial charge >= 0.3 is 5.76 Å². The van der Waals surface area contributed by atoms with Crippen LogP contribution in [-0.4, -0.2) is 40.8 Å². The lowest BCUT2D eigenvalue weighted by atomic mass is 9.99. The molecule has 0 amide bonds. The molecule has 1 aliphatic rings. The minimum Gasteiger partial charge on any atom is -0.408 e. The summed E-state index contributed by atoms with van der Waals surface area (Å²) in [6, 6.07) is 7.51. The third-order valence-electron chi connectivity index (χ3n) is 4.07. The molecule has 0 saturated carbocycles. The summed E-state index contributed by atoms with van der Waals surface area (Å²) < 4.78 is 6.92. The molecule has 1 atom stereocenters. The van der Waals surface area contributed by atoms with Gasteiger partial charge in [0, 0.05) is 26.2 Å². The second kappa shape index (κ2) is 5.81. The number of fused-ring (bicyclic) bond motifs is 1. The number of hydrogen-bond acceptors (Lipinski definition) is 4. The maximum atomic E-state index is 11.9. The van der Waals surface area contributed by atoms with Gasteiger partial charge in [-0.2, -0.15) is 0 Å². The molecule has 3 rings (SSSR count). The Morgan fingerprint density at radius 1 is 1.30 bits per heavy atom. The molecule has 0 radical (unpaired) electrons. The Kier molecular flexibility index (Phi) is 3.89. The summed E-state index contributed by atoms with van der Waals surface area (Å²) in [5, 5.41) is 9.25. The van der Waals surface area contributed by atoms with E-state index in [1.165, 1.54) is 0 Å². The van der Waals surface area contributed by atoms with Crippen LogP contribution < -0.4 is 5.76 Å². The van der Waals surface area contributed by atoms with E-state index in [4.69, 9.17) is 4.42 Å². The molecule has 5 heteroatoms. The van der Waals surface area contributed by atoms with Gasteiger partial charge in [0.2, 0.25) is 0 Å². The van der Waals surface area contributed by atoms with Crippen molar-refractivity contribution in [2.45, 2.75) is 19.4 Å². The fourth-order valence-corrected chi connectivity index (χ4v) is 2.97. The quantitative estimate of drug-likeness (QED) is 0.914. The van der Waals surface area contributed by atoms with Crippen molar-refractivity contribution in [2.24, 2.45) is 5.92 Å². The summed E-state index contributed by atoms with van der Waals surface area (Å²) >= 11 is 0. The first-order chi connectivity index (χ1) is 9.78. The molecule has 1 unspecified atom stereocenters. The van der Waals surface area contributed by atoms with Crippen LogP contribution in [0.15, 0.2) is 33.5 Å². The number of aromatic nitrogens is 1. The molecule has 0 spiro atoms. The van der Waals surface area contributed by atoms with E-state index < -0.39 is 0 Å². The van der Waals surface area contributed by atoms with Crippen LogP contribution in [-0.2, 0) is 6.54 Å². The maximum absolute atomic E-state index is 11.9. The van der Waals surface area contributed by atoms with Crippen LogP contribution in [0.3, 0.4) is 0 Å². The number of rotatable bonds is 4. The third kappa shape index (κ3) is 2.64. The van der Waals surface area contributed by atoms with Gasteiger partial charge in [-0.15, -0.1) is 0 Å². The number of piperidine rings is 1. The van der Waals surface area contributed by atoms with Crippen LogP contribution in [0.4, 0.5) is 0 Å². The number of likely N-dealkylation sites (tertiary alicyclic amines) is 1. The van der Waals surface area contributed by atoms with Crippen LogP contribution in [0.25, 0.3) is 11.1 Å². The molecule has 2 heterocycles. The molecule has 5 nitrogen and oxygen atoms in total. The Bertz CT molecular complexity index is 631. The number of para-hydroxylation sites is 2. The van der Waals surface area contributed by atoms with Crippen molar-refractivity contribution in [2.75, 3.05) is 26.2 Å². The van der Waals surface area contributed by atoms with Crippen LogP contribution in [0, 0.1) is 5.92 Å². The molecule has 2 aromatic rings. The van der Waals surface area contributed by atoms with Crippen LogP contribution in [0.5, 0.6) is 0 Å². The first-order valence-corrected chi connectivity index (χ1v) is 7.19. The molecule has 1 N–H and O–H groups in total. The van der Waals surface area contributed by atoms with E-state index in [1.807, 2.05) is 24.3 Å². The largest absolute Gasteiger partial charge is 0.419 e. The zero-order valence-electron chi connectivity index (χ0n) is 11.5. The second-order valence-corrected chi connectivity index (χ2v) is 5.48. The number of aliphatic hydroxyl groups excluding tert-OH is 1. The lowest BCUT2D eigenvalue weighted by Crippen LogP contribution is -2.39. The lowest BCUT2D eigenvalue weighted by molar-refractivity contribution is 0.117. The Hall–Kier alpha value is -1.59. The molecular formula is C15H20N2O3. The fraction of sp³-hybridized carbons (Fsp3) is 0.533. The number of oxazole rings is 1. The van der Waals surface area contributed by atoms with Gasteiger partial charge in [-0.25, -0.2) is 4.79 Å². The van der Waals surface area contributed by atoms with Crippen LogP contribution in [0.1, 0.15) is 12.8 Å². The normalized spacial score (nSPS) is 20.6. The highest BCUT2D eigenvalue weighted by Crippen LogP contribution is 2.16. The zero-order chi connectivity index (χ0) is 13.9. The smallest absolute Gasteiger partial charge is 0.408 e. The Morgan fingerprint density at radius 2 is 2.15 bits per heavy atom. The van der Waals surface area contributed by atoms with Crippen LogP contribution in [0.2, 0.25) is 0 Å². The predicted molar refractivity (Wildman–Crippen MR) is 76.7 cm³/mol. The number of nitrogens with zero attached hydrogens (tertiary/aromatic N) is 2. The highest BCUT2D eigenvalue weighted by atomic mass is 16.4. The first kappa shape index (κ1) is 13.4. The minimum absolute atomic E-state index is 0.255. The second-order valence-electron chi connectivity index (χ2n) is 5.48. The van der Waals surface area contributed by atoms with E-state index in [9.17, 15) is 9.90 Å². The molecule has 1 fully saturated rings. The molecule has 0 bridgehead atoms. The molecule has 20 heavy (non-hydrogen) atoms. The van der Waals surface area contributed by atoms with E-state index in [0.29, 0.717) is 18.0 Å². The highest BCUT2D eigenvalue weighted by Gasteiger charge is 2.19. The fourth-order valence-electron chi connectivity index (χ4n) is 2.97. The average Bonchev–Trinajstić information content (AvgIpc) is 2.81. The van der Waals surface area contributed by atoms with Gasteiger partial charge in [-0.3, -0.25) is 4.57 Å². The third-order valence-corrected chi connectivity index (χ3v) is 4.07. The SMILES string of the molecule is O=c1oc2ccccc2n1CCN1CCCC(CO)C1. The molecule has 1 aliphatic heterocycles. The van der Waals surface area contributed by atoms with Crippen molar-refractivity contribution in [1.82, 2.24) is 9.47 Å². The minimum atomic E-state index is -0.290. The van der Waals surface area contributed by atoms with Crippen molar-refractivity contribution in [3.8, 4) is 0 Å². The lowest BCUT2D eigenvalue weighted by Gasteiger charge is -2.31. The number of benzene rings is 1. The van der Waals surface area contributed by atoms with Crippen molar-refractivity contribution in [3.63, 3.8) is 0 Å². The van der Waals surface area contributed by atoms with E-state index >= 15 is 0 Å². The topological polar surface area (TPSA) is 58.6 Å². The van der Waals surface area contributed by atoms with Gasteiger partial charge in [0.15, 0.2) is 5.58 Å². The Labute approximate surface area is 117 Å². The Morgan fingerprint density at radius 3 is 3.00 bits per heavy atom. The van der Waals surface area contributed by atoms with E-state index in [0.717, 1.165) is 38.0 Å². The van der Waals surface area contributed by atoms with Crippen molar-refractivity contribution in [3.05, 3.63) is 34.8 Å². The van der Waals surface area contributed by atoms with Gasteiger partial charge in [0.25, 0.3) is 0 Å². The molecule has 1 aromatic heterocycles. The summed E-state index contributed by atoms with van der Waals surface area (Å²) in [7, 11) is 0. The highest BCUT2D eigenvalue weighted by molar-refractivity contribution is 5.72. The van der Waals surface area contributed by atoms with Gasteiger partial charge in [-0.1, -0.05) is 12.1 Å². The molecule has 1 saturated heterocycles. The summed E-state index contributed by atoms with van der Waals surface area (Å²) in [6.07, 6.45) is 2.22. The van der Waals surface area contributed by atoms with Crippen molar-refractivity contribution >= 4 is 11.1 Å². The summed E-state index contributed by atoms with van der Waals surface area (Å²) in [5.74, 6) is 0.0866. The van der Waals surface area contributed by atoms with Crippen LogP contribution >= 0.6 is 0 Å². The van der Waals surface area contributed by atoms with E-state index in [-0.39, 0.29) is 12.4 Å². The molecule has 0 aliphatic carbocycles. The Balaban J connectivity index is 1.71. The van der Waals surface area contributed by atoms with Gasteiger partial charge in [0.05, 0.1) is 5.52 Å². The number of aliphatic hydroxyl groups is 1. The molecule has 1 aromatic carbocycles.